The molecule has 0 aliphatic carbocycles. The molecule has 3 rings (SSSR count). The second kappa shape index (κ2) is 6.31. The van der Waals surface area contributed by atoms with Crippen LogP contribution in [0.5, 0.6) is 0 Å². The number of carbonyl (C=O) groups excluding carboxylic acids is 2. The lowest BCUT2D eigenvalue weighted by Gasteiger charge is -2.38. The van der Waals surface area contributed by atoms with Crippen molar-refractivity contribution in [2.75, 3.05) is 6.54 Å². The fourth-order valence-electron chi connectivity index (χ4n) is 3.09. The maximum absolute atomic E-state index is 13.3. The Kier molecular flexibility index (Phi) is 4.32. The number of carbonyl (C=O) groups is 2. The summed E-state index contributed by atoms with van der Waals surface area (Å²) >= 11 is 0. The molecule has 1 saturated heterocycles. The van der Waals surface area contributed by atoms with Crippen molar-refractivity contribution in [2.24, 2.45) is 0 Å². The molecule has 0 spiro atoms. The molecule has 1 aromatic heterocycles. The summed E-state index contributed by atoms with van der Waals surface area (Å²) in [6.07, 6.45) is 0.764. The maximum Gasteiger partial charge on any atom is 0.233 e. The number of nitrogens with one attached hydrogen (secondary N) is 2. The van der Waals surface area contributed by atoms with Crippen molar-refractivity contribution >= 4 is 11.8 Å². The van der Waals surface area contributed by atoms with E-state index < -0.39 is 11.0 Å². The van der Waals surface area contributed by atoms with Crippen LogP contribution in [0.4, 0.5) is 0 Å². The summed E-state index contributed by atoms with van der Waals surface area (Å²) in [5.41, 5.74) is -0.726. The molecule has 0 bridgehead atoms. The van der Waals surface area contributed by atoms with Crippen molar-refractivity contribution in [3.8, 4) is 0 Å². The maximum atomic E-state index is 13.3. The van der Waals surface area contributed by atoms with Gasteiger partial charge in [-0.1, -0.05) is 35.5 Å². The first-order chi connectivity index (χ1) is 11.8. The zero-order valence-electron chi connectivity index (χ0n) is 14.6. The lowest BCUT2D eigenvalue weighted by atomic mass is 9.73. The van der Waals surface area contributed by atoms with E-state index in [1.54, 1.807) is 6.92 Å². The molecule has 1 aliphatic heterocycles. The summed E-state index contributed by atoms with van der Waals surface area (Å²) in [6.45, 7) is 5.63. The SMILES string of the molecule is Cc1nc(C(C)(C)NC(=O)C2(c3ccccc3)CCC(=O)NC2)no1. The highest BCUT2D eigenvalue weighted by Crippen LogP contribution is 2.33. The van der Waals surface area contributed by atoms with Crippen LogP contribution in [0.3, 0.4) is 0 Å². The van der Waals surface area contributed by atoms with E-state index in [1.165, 1.54) is 0 Å². The van der Waals surface area contributed by atoms with Gasteiger partial charge in [-0.2, -0.15) is 4.98 Å². The molecule has 7 nitrogen and oxygen atoms in total. The van der Waals surface area contributed by atoms with E-state index in [1.807, 2.05) is 44.2 Å². The molecule has 25 heavy (non-hydrogen) atoms. The van der Waals surface area contributed by atoms with Gasteiger partial charge in [0, 0.05) is 19.9 Å². The van der Waals surface area contributed by atoms with Gasteiger partial charge in [0.1, 0.15) is 0 Å². The van der Waals surface area contributed by atoms with E-state index in [4.69, 9.17) is 4.52 Å². The number of aromatic nitrogens is 2. The minimum absolute atomic E-state index is 0.0348. The number of hydrogen-bond donors (Lipinski definition) is 2. The van der Waals surface area contributed by atoms with Crippen LogP contribution in [-0.2, 0) is 20.5 Å². The van der Waals surface area contributed by atoms with Crippen molar-refractivity contribution < 1.29 is 14.1 Å². The zero-order chi connectivity index (χ0) is 18.1. The van der Waals surface area contributed by atoms with Gasteiger partial charge >= 0.3 is 0 Å². The van der Waals surface area contributed by atoms with Gasteiger partial charge in [0.15, 0.2) is 5.82 Å². The molecular formula is C18H22N4O3. The average molecular weight is 342 g/mol. The van der Waals surface area contributed by atoms with Crippen LogP contribution in [0.25, 0.3) is 0 Å². The van der Waals surface area contributed by atoms with Gasteiger partial charge in [0.05, 0.1) is 11.0 Å². The second-order valence-electron chi connectivity index (χ2n) is 6.94. The van der Waals surface area contributed by atoms with Crippen LogP contribution in [0, 0.1) is 6.92 Å². The van der Waals surface area contributed by atoms with Gasteiger partial charge in [-0.05, 0) is 25.8 Å². The van der Waals surface area contributed by atoms with E-state index in [0.29, 0.717) is 24.6 Å². The molecular weight excluding hydrogens is 320 g/mol. The summed E-state index contributed by atoms with van der Waals surface area (Å²) < 4.78 is 5.03. The average Bonchev–Trinajstić information content (AvgIpc) is 3.04. The van der Waals surface area contributed by atoms with Crippen molar-refractivity contribution in [3.05, 3.63) is 47.6 Å². The van der Waals surface area contributed by atoms with Crippen molar-refractivity contribution in [3.63, 3.8) is 0 Å². The molecule has 1 fully saturated rings. The Hall–Kier alpha value is -2.70. The highest BCUT2D eigenvalue weighted by atomic mass is 16.5. The van der Waals surface area contributed by atoms with Gasteiger partial charge in [0.2, 0.25) is 17.7 Å². The molecule has 2 N–H and O–H groups in total. The van der Waals surface area contributed by atoms with Crippen molar-refractivity contribution in [2.45, 2.75) is 44.6 Å². The molecule has 1 atom stereocenters. The molecule has 2 amide bonds. The number of hydrogen-bond acceptors (Lipinski definition) is 5. The van der Waals surface area contributed by atoms with Gasteiger partial charge in [-0.3, -0.25) is 9.59 Å². The number of rotatable bonds is 4. The molecule has 1 unspecified atom stereocenters. The van der Waals surface area contributed by atoms with Crippen molar-refractivity contribution in [1.82, 2.24) is 20.8 Å². The standard InChI is InChI=1S/C18H22N4O3/c1-12-20-15(22-25-12)17(2,3)21-16(24)18(10-9-14(23)19-11-18)13-7-5-4-6-8-13/h4-8H,9-11H2,1-3H3,(H,19,23)(H,21,24). The lowest BCUT2D eigenvalue weighted by Crippen LogP contribution is -2.58. The number of amides is 2. The Labute approximate surface area is 146 Å². The molecule has 1 aliphatic rings. The van der Waals surface area contributed by atoms with Crippen LogP contribution in [0.15, 0.2) is 34.9 Å². The van der Waals surface area contributed by atoms with Gasteiger partial charge in [-0.25, -0.2) is 0 Å². The molecule has 0 radical (unpaired) electrons. The number of piperidine rings is 1. The van der Waals surface area contributed by atoms with Crippen molar-refractivity contribution in [1.29, 1.82) is 0 Å². The summed E-state index contributed by atoms with van der Waals surface area (Å²) in [7, 11) is 0. The van der Waals surface area contributed by atoms with E-state index in [2.05, 4.69) is 20.8 Å². The normalized spacial score (nSPS) is 20.8. The first-order valence-corrected chi connectivity index (χ1v) is 8.29. The fourth-order valence-corrected chi connectivity index (χ4v) is 3.09. The topological polar surface area (TPSA) is 97.1 Å². The summed E-state index contributed by atoms with van der Waals surface area (Å²) in [5, 5.41) is 9.79. The van der Waals surface area contributed by atoms with E-state index in [9.17, 15) is 9.59 Å². The predicted molar refractivity (Wildman–Crippen MR) is 90.6 cm³/mol. The predicted octanol–water partition coefficient (Wildman–Crippen LogP) is 1.58. The number of aryl methyl sites for hydroxylation is 1. The molecule has 7 heteroatoms. The Morgan fingerprint density at radius 2 is 2.04 bits per heavy atom. The Morgan fingerprint density at radius 3 is 2.60 bits per heavy atom. The number of benzene rings is 1. The van der Waals surface area contributed by atoms with Crippen LogP contribution in [0.1, 0.15) is 44.0 Å². The second-order valence-corrected chi connectivity index (χ2v) is 6.94. The molecule has 2 heterocycles. The number of nitrogens with zero attached hydrogens (tertiary/aromatic N) is 2. The zero-order valence-corrected chi connectivity index (χ0v) is 14.6. The van der Waals surface area contributed by atoms with Crippen LogP contribution >= 0.6 is 0 Å². The van der Waals surface area contributed by atoms with Gasteiger partial charge in [0.25, 0.3) is 0 Å². The largest absolute Gasteiger partial charge is 0.355 e. The van der Waals surface area contributed by atoms with E-state index in [-0.39, 0.29) is 18.4 Å². The quantitative estimate of drug-likeness (QED) is 0.879. The van der Waals surface area contributed by atoms with Crippen LogP contribution in [-0.4, -0.2) is 28.5 Å². The molecule has 0 saturated carbocycles. The van der Waals surface area contributed by atoms with E-state index >= 15 is 0 Å². The van der Waals surface area contributed by atoms with Gasteiger partial charge < -0.3 is 15.2 Å². The Balaban J connectivity index is 1.91. The highest BCUT2D eigenvalue weighted by molar-refractivity contribution is 5.92. The molecule has 1 aromatic carbocycles. The summed E-state index contributed by atoms with van der Waals surface area (Å²) in [5.74, 6) is 0.667. The molecule has 2 aromatic rings. The summed E-state index contributed by atoms with van der Waals surface area (Å²) in [4.78, 5) is 29.1. The van der Waals surface area contributed by atoms with Crippen LogP contribution < -0.4 is 10.6 Å². The third-order valence-electron chi connectivity index (χ3n) is 4.64. The lowest BCUT2D eigenvalue weighted by molar-refractivity contribution is -0.132. The third-order valence-corrected chi connectivity index (χ3v) is 4.64. The smallest absolute Gasteiger partial charge is 0.233 e. The minimum atomic E-state index is -0.814. The summed E-state index contributed by atoms with van der Waals surface area (Å²) in [6, 6.07) is 9.54. The monoisotopic (exact) mass is 342 g/mol. The van der Waals surface area contributed by atoms with E-state index in [0.717, 1.165) is 5.56 Å². The first kappa shape index (κ1) is 17.1. The minimum Gasteiger partial charge on any atom is -0.355 e. The third kappa shape index (κ3) is 3.26. The Bertz CT molecular complexity index is 773. The Morgan fingerprint density at radius 1 is 1.32 bits per heavy atom. The fraction of sp³-hybridized carbons (Fsp3) is 0.444. The van der Waals surface area contributed by atoms with Crippen LogP contribution in [0.2, 0.25) is 0 Å². The van der Waals surface area contributed by atoms with Gasteiger partial charge in [-0.15, -0.1) is 0 Å². The highest BCUT2D eigenvalue weighted by Gasteiger charge is 2.45. The molecule has 132 valence electrons. The first-order valence-electron chi connectivity index (χ1n) is 8.29.